The maximum Gasteiger partial charge on any atom is 0.256 e. The molecule has 45 heavy (non-hydrogen) atoms. The largest absolute Gasteiger partial charge is 0.353 e. The van der Waals surface area contributed by atoms with Crippen molar-refractivity contribution in [1.82, 2.24) is 24.8 Å². The Morgan fingerprint density at radius 3 is 1.91 bits per heavy atom. The first-order chi connectivity index (χ1) is 22.2. The van der Waals surface area contributed by atoms with Crippen molar-refractivity contribution in [2.24, 2.45) is 0 Å². The van der Waals surface area contributed by atoms with Crippen LogP contribution in [0.2, 0.25) is 0 Å². The van der Waals surface area contributed by atoms with Crippen LogP contribution in [-0.2, 0) is 10.3 Å². The van der Waals surface area contributed by atoms with E-state index in [1.54, 1.807) is 18.5 Å². The van der Waals surface area contributed by atoms with Gasteiger partial charge in [-0.2, -0.15) is 0 Å². The van der Waals surface area contributed by atoms with Crippen molar-refractivity contribution < 1.29 is 9.53 Å². The zero-order valence-corrected chi connectivity index (χ0v) is 25.0. The number of anilines is 1. The average Bonchev–Trinajstić information content (AvgIpc) is 3.73. The van der Waals surface area contributed by atoms with E-state index < -0.39 is 5.54 Å². The first-order valence-electron chi connectivity index (χ1n) is 15.3. The van der Waals surface area contributed by atoms with Crippen LogP contribution < -0.4 is 10.6 Å². The molecule has 4 aromatic carbocycles. The van der Waals surface area contributed by atoms with Gasteiger partial charge in [0, 0.05) is 18.0 Å². The van der Waals surface area contributed by atoms with Crippen LogP contribution in [0.25, 0.3) is 11.2 Å². The summed E-state index contributed by atoms with van der Waals surface area (Å²) in [4.78, 5) is 26.4. The van der Waals surface area contributed by atoms with Crippen LogP contribution in [0.15, 0.2) is 134 Å². The van der Waals surface area contributed by atoms with Crippen molar-refractivity contribution >= 4 is 22.9 Å². The maximum atomic E-state index is 12.9. The molecule has 1 saturated heterocycles. The van der Waals surface area contributed by atoms with Gasteiger partial charge in [0.2, 0.25) is 0 Å². The number of benzene rings is 4. The molecule has 0 saturated carbocycles. The lowest BCUT2D eigenvalue weighted by Gasteiger charge is -2.40. The highest BCUT2D eigenvalue weighted by Gasteiger charge is 2.44. The minimum Gasteiger partial charge on any atom is -0.353 e. The number of hydrogen-bond acceptors (Lipinski definition) is 6. The van der Waals surface area contributed by atoms with Gasteiger partial charge in [-0.15, -0.1) is 0 Å². The summed E-state index contributed by atoms with van der Waals surface area (Å²) in [6.45, 7) is 2.16. The lowest BCUT2D eigenvalue weighted by molar-refractivity contribution is -0.00213. The number of rotatable bonds is 9. The molecule has 1 fully saturated rings. The van der Waals surface area contributed by atoms with Crippen molar-refractivity contribution in [2.75, 3.05) is 5.32 Å². The van der Waals surface area contributed by atoms with Gasteiger partial charge in [-0.3, -0.25) is 14.7 Å². The predicted molar refractivity (Wildman–Crippen MR) is 175 cm³/mol. The molecule has 7 rings (SSSR count). The third kappa shape index (κ3) is 5.39. The van der Waals surface area contributed by atoms with Crippen LogP contribution in [0.4, 0.5) is 5.82 Å². The molecule has 3 atom stereocenters. The van der Waals surface area contributed by atoms with E-state index in [0.29, 0.717) is 29.0 Å². The summed E-state index contributed by atoms with van der Waals surface area (Å²) in [5.41, 5.74) is 4.51. The highest BCUT2D eigenvalue weighted by Crippen LogP contribution is 2.41. The Bertz CT molecular complexity index is 1780. The third-order valence-electron chi connectivity index (χ3n) is 8.60. The van der Waals surface area contributed by atoms with Gasteiger partial charge in [-0.05, 0) is 35.2 Å². The van der Waals surface area contributed by atoms with E-state index in [1.165, 1.54) is 6.33 Å². The minimum absolute atomic E-state index is 0.00263. The van der Waals surface area contributed by atoms with Crippen molar-refractivity contribution in [3.05, 3.63) is 156 Å². The molecule has 2 N–H and O–H groups in total. The van der Waals surface area contributed by atoms with Gasteiger partial charge in [-0.25, -0.2) is 15.0 Å². The van der Waals surface area contributed by atoms with Crippen LogP contribution in [-0.4, -0.2) is 37.6 Å². The zero-order chi connectivity index (χ0) is 30.6. The van der Waals surface area contributed by atoms with E-state index >= 15 is 0 Å². The number of fused-ring (bicyclic) bond motifs is 1. The predicted octanol–water partition coefficient (Wildman–Crippen LogP) is 6.73. The Morgan fingerprint density at radius 1 is 0.800 bits per heavy atom. The van der Waals surface area contributed by atoms with E-state index in [-0.39, 0.29) is 24.3 Å². The fourth-order valence-electron chi connectivity index (χ4n) is 6.45. The van der Waals surface area contributed by atoms with Gasteiger partial charge in [-0.1, -0.05) is 116 Å². The number of hydrogen-bond donors (Lipinski definition) is 2. The Balaban J connectivity index is 1.24. The third-order valence-corrected chi connectivity index (χ3v) is 8.60. The molecule has 1 aliphatic rings. The number of carbonyl (C=O) groups is 1. The molecule has 0 radical (unpaired) electrons. The van der Waals surface area contributed by atoms with E-state index in [0.717, 1.165) is 23.1 Å². The SMILES string of the molecule is CC[C@H]1O[C@@H](n2cnc3c(NC(=O)c4ccccc4)ncnc32)C[C@H]1NC(c1ccccc1)(c1ccccc1)c1ccccc1. The summed E-state index contributed by atoms with van der Waals surface area (Å²) < 4.78 is 8.69. The smallest absolute Gasteiger partial charge is 0.256 e. The summed E-state index contributed by atoms with van der Waals surface area (Å²) in [5, 5.41) is 7.03. The average molecular weight is 595 g/mol. The highest BCUT2D eigenvalue weighted by atomic mass is 16.5. The van der Waals surface area contributed by atoms with Crippen molar-refractivity contribution in [3.63, 3.8) is 0 Å². The van der Waals surface area contributed by atoms with Crippen molar-refractivity contribution in [3.8, 4) is 0 Å². The van der Waals surface area contributed by atoms with Crippen LogP contribution in [0.3, 0.4) is 0 Å². The summed E-state index contributed by atoms with van der Waals surface area (Å²) in [5.74, 6) is 0.111. The van der Waals surface area contributed by atoms with E-state index in [4.69, 9.17) is 4.74 Å². The molecule has 2 aromatic heterocycles. The number of amides is 1. The fourth-order valence-corrected chi connectivity index (χ4v) is 6.45. The van der Waals surface area contributed by atoms with Gasteiger partial charge >= 0.3 is 0 Å². The molecule has 224 valence electrons. The van der Waals surface area contributed by atoms with Gasteiger partial charge in [0.25, 0.3) is 5.91 Å². The molecular weight excluding hydrogens is 560 g/mol. The molecule has 1 aliphatic heterocycles. The summed E-state index contributed by atoms with van der Waals surface area (Å²) in [6, 6.07) is 40.9. The minimum atomic E-state index is -0.617. The van der Waals surface area contributed by atoms with Crippen molar-refractivity contribution in [2.45, 2.75) is 43.7 Å². The van der Waals surface area contributed by atoms with Crippen LogP contribution in [0.5, 0.6) is 0 Å². The lowest BCUT2D eigenvalue weighted by atomic mass is 9.76. The number of aromatic nitrogens is 4. The second-order valence-electron chi connectivity index (χ2n) is 11.2. The molecule has 0 unspecified atom stereocenters. The molecule has 0 bridgehead atoms. The topological polar surface area (TPSA) is 94.0 Å². The first-order valence-corrected chi connectivity index (χ1v) is 15.3. The Hall–Kier alpha value is -5.18. The van der Waals surface area contributed by atoms with E-state index in [1.807, 2.05) is 22.8 Å². The number of carbonyl (C=O) groups excluding carboxylic acids is 1. The Morgan fingerprint density at radius 2 is 1.36 bits per heavy atom. The first kappa shape index (κ1) is 28.6. The summed E-state index contributed by atoms with van der Waals surface area (Å²) in [7, 11) is 0. The summed E-state index contributed by atoms with van der Waals surface area (Å²) in [6.07, 6.45) is 4.31. The van der Waals surface area contributed by atoms with Crippen LogP contribution in [0.1, 0.15) is 53.0 Å². The highest BCUT2D eigenvalue weighted by molar-refractivity contribution is 6.06. The van der Waals surface area contributed by atoms with E-state index in [2.05, 4.69) is 124 Å². The Kier molecular flexibility index (Phi) is 7.90. The second-order valence-corrected chi connectivity index (χ2v) is 11.2. The summed E-state index contributed by atoms with van der Waals surface area (Å²) >= 11 is 0. The fraction of sp³-hybridized carbons (Fsp3) is 0.189. The number of nitrogens with zero attached hydrogens (tertiary/aromatic N) is 4. The van der Waals surface area contributed by atoms with Gasteiger partial charge in [0.05, 0.1) is 18.0 Å². The zero-order valence-electron chi connectivity index (χ0n) is 25.0. The Labute approximate surface area is 262 Å². The van der Waals surface area contributed by atoms with Crippen LogP contribution >= 0.6 is 0 Å². The normalized spacial score (nSPS) is 18.2. The molecule has 0 spiro atoms. The monoisotopic (exact) mass is 594 g/mol. The standard InChI is InChI=1S/C37H34N6O2/c1-2-31-30(42-37(27-17-9-4-10-18-27,28-19-11-5-12-20-28)29-21-13-6-14-22-29)23-32(45-31)43-25-40-33-34(38-24-39-35(33)43)41-36(44)26-15-7-3-8-16-26/h3-22,24-25,30-32,42H,2,23H2,1H3,(H,38,39,41,44)/t30-,31-,32-/m1/s1. The molecular formula is C37H34N6O2. The molecule has 0 aliphatic carbocycles. The molecule has 1 amide bonds. The van der Waals surface area contributed by atoms with Crippen LogP contribution in [0, 0.1) is 0 Å². The number of ether oxygens (including phenoxy) is 1. The molecule has 8 nitrogen and oxygen atoms in total. The maximum absolute atomic E-state index is 12.9. The van der Waals surface area contributed by atoms with E-state index in [9.17, 15) is 4.79 Å². The lowest BCUT2D eigenvalue weighted by Crippen LogP contribution is -2.52. The quantitative estimate of drug-likeness (QED) is 0.180. The van der Waals surface area contributed by atoms with Crippen molar-refractivity contribution in [1.29, 1.82) is 0 Å². The number of imidazole rings is 1. The van der Waals surface area contributed by atoms with Gasteiger partial charge in [0.15, 0.2) is 17.0 Å². The number of nitrogens with one attached hydrogen (secondary N) is 2. The van der Waals surface area contributed by atoms with Gasteiger partial charge < -0.3 is 10.1 Å². The molecule has 8 heteroatoms. The molecule has 3 heterocycles. The molecule has 6 aromatic rings. The van der Waals surface area contributed by atoms with Gasteiger partial charge in [0.1, 0.15) is 12.6 Å². The second kappa shape index (κ2) is 12.4.